The summed E-state index contributed by atoms with van der Waals surface area (Å²) in [7, 11) is 0. The van der Waals surface area contributed by atoms with E-state index in [0.29, 0.717) is 6.61 Å². The van der Waals surface area contributed by atoms with Gasteiger partial charge in [-0.2, -0.15) is 0 Å². The zero-order valence-electron chi connectivity index (χ0n) is 9.31. The lowest BCUT2D eigenvalue weighted by Gasteiger charge is -2.22. The van der Waals surface area contributed by atoms with Crippen LogP contribution in [-0.4, -0.2) is 23.7 Å². The summed E-state index contributed by atoms with van der Waals surface area (Å²) in [6.07, 6.45) is 4.54. The van der Waals surface area contributed by atoms with Gasteiger partial charge in [-0.25, -0.2) is 0 Å². The molecule has 0 bridgehead atoms. The van der Waals surface area contributed by atoms with Crippen LogP contribution < -0.4 is 11.3 Å². The van der Waals surface area contributed by atoms with Gasteiger partial charge < -0.3 is 4.74 Å². The third-order valence-corrected chi connectivity index (χ3v) is 2.39. The van der Waals surface area contributed by atoms with Gasteiger partial charge in [0.25, 0.3) is 0 Å². The number of aromatic nitrogens is 1. The van der Waals surface area contributed by atoms with Crippen LogP contribution >= 0.6 is 0 Å². The maximum Gasteiger partial charge on any atom is 0.0716 e. The largest absolute Gasteiger partial charge is 0.377 e. The number of hydrogen-bond donors (Lipinski definition) is 2. The van der Waals surface area contributed by atoms with Crippen molar-refractivity contribution in [2.45, 2.75) is 32.4 Å². The lowest BCUT2D eigenvalue weighted by molar-refractivity contribution is 0.0476. The van der Waals surface area contributed by atoms with Crippen molar-refractivity contribution >= 4 is 0 Å². The Morgan fingerprint density at radius 2 is 2.40 bits per heavy atom. The van der Waals surface area contributed by atoms with E-state index < -0.39 is 0 Å². The van der Waals surface area contributed by atoms with E-state index in [1.807, 2.05) is 32.2 Å². The first kappa shape index (κ1) is 12.1. The van der Waals surface area contributed by atoms with E-state index in [4.69, 9.17) is 10.6 Å². The van der Waals surface area contributed by atoms with Gasteiger partial charge in [0.2, 0.25) is 0 Å². The summed E-state index contributed by atoms with van der Waals surface area (Å²) in [5, 5.41) is 0. The monoisotopic (exact) mass is 209 g/mol. The molecule has 0 spiro atoms. The summed E-state index contributed by atoms with van der Waals surface area (Å²) in [5.74, 6) is 5.50. The van der Waals surface area contributed by atoms with Gasteiger partial charge in [0.05, 0.1) is 12.1 Å². The van der Waals surface area contributed by atoms with Gasteiger partial charge in [0.1, 0.15) is 0 Å². The molecular formula is C11H19N3O. The molecule has 3 N–H and O–H groups in total. The van der Waals surface area contributed by atoms with Crippen LogP contribution in [0.1, 0.15) is 19.4 Å². The first-order valence-corrected chi connectivity index (χ1v) is 5.24. The predicted octanol–water partition coefficient (Wildman–Crippen LogP) is 0.881. The van der Waals surface area contributed by atoms with E-state index in [-0.39, 0.29) is 12.1 Å². The first-order chi connectivity index (χ1) is 7.27. The summed E-state index contributed by atoms with van der Waals surface area (Å²) < 4.78 is 5.50. The van der Waals surface area contributed by atoms with Crippen LogP contribution in [0, 0.1) is 0 Å². The van der Waals surface area contributed by atoms with Crippen molar-refractivity contribution < 1.29 is 4.74 Å². The fraction of sp³-hybridized carbons (Fsp3) is 0.545. The van der Waals surface area contributed by atoms with E-state index in [0.717, 1.165) is 12.0 Å². The molecule has 0 fully saturated rings. The Morgan fingerprint density at radius 3 is 2.93 bits per heavy atom. The van der Waals surface area contributed by atoms with Crippen molar-refractivity contribution in [2.75, 3.05) is 6.61 Å². The fourth-order valence-corrected chi connectivity index (χ4v) is 1.51. The predicted molar refractivity (Wildman–Crippen MR) is 60.1 cm³/mol. The number of hydrogen-bond acceptors (Lipinski definition) is 4. The average molecular weight is 209 g/mol. The summed E-state index contributed by atoms with van der Waals surface area (Å²) in [4.78, 5) is 4.07. The highest BCUT2D eigenvalue weighted by molar-refractivity contribution is 5.10. The Kier molecular flexibility index (Phi) is 5.25. The van der Waals surface area contributed by atoms with Gasteiger partial charge in [0, 0.05) is 19.0 Å². The zero-order valence-corrected chi connectivity index (χ0v) is 9.31. The topological polar surface area (TPSA) is 60.2 Å². The van der Waals surface area contributed by atoms with Crippen LogP contribution in [0.4, 0.5) is 0 Å². The van der Waals surface area contributed by atoms with E-state index in [1.54, 1.807) is 6.20 Å². The van der Waals surface area contributed by atoms with Crippen molar-refractivity contribution in [1.29, 1.82) is 0 Å². The maximum atomic E-state index is 5.50. The molecule has 4 nitrogen and oxygen atoms in total. The second-order valence-electron chi connectivity index (χ2n) is 3.50. The Bertz CT molecular complexity index is 266. The molecule has 2 unspecified atom stereocenters. The molecule has 0 saturated heterocycles. The quantitative estimate of drug-likeness (QED) is 0.539. The molecule has 15 heavy (non-hydrogen) atoms. The SMILES string of the molecule is CCOC(C)C(Cc1cccnc1)NN. The van der Waals surface area contributed by atoms with Crippen LogP contribution in [0.2, 0.25) is 0 Å². The zero-order chi connectivity index (χ0) is 11.1. The third-order valence-electron chi connectivity index (χ3n) is 2.39. The molecule has 1 aromatic heterocycles. The highest BCUT2D eigenvalue weighted by atomic mass is 16.5. The summed E-state index contributed by atoms with van der Waals surface area (Å²) in [6, 6.07) is 4.08. The second kappa shape index (κ2) is 6.50. The summed E-state index contributed by atoms with van der Waals surface area (Å²) in [5.41, 5.74) is 3.94. The van der Waals surface area contributed by atoms with E-state index in [9.17, 15) is 0 Å². The van der Waals surface area contributed by atoms with Gasteiger partial charge in [-0.1, -0.05) is 6.07 Å². The fourth-order valence-electron chi connectivity index (χ4n) is 1.51. The van der Waals surface area contributed by atoms with Gasteiger partial charge in [-0.3, -0.25) is 16.3 Å². The molecule has 1 heterocycles. The van der Waals surface area contributed by atoms with Crippen molar-refractivity contribution in [2.24, 2.45) is 5.84 Å². The van der Waals surface area contributed by atoms with Crippen molar-refractivity contribution in [1.82, 2.24) is 10.4 Å². The molecule has 0 radical (unpaired) electrons. The van der Waals surface area contributed by atoms with Gasteiger partial charge in [-0.15, -0.1) is 0 Å². The van der Waals surface area contributed by atoms with Crippen LogP contribution in [0.5, 0.6) is 0 Å². The minimum Gasteiger partial charge on any atom is -0.377 e. The molecule has 1 aromatic rings. The number of nitrogens with two attached hydrogens (primary N) is 1. The first-order valence-electron chi connectivity index (χ1n) is 5.24. The molecule has 0 aromatic carbocycles. The molecule has 2 atom stereocenters. The lowest BCUT2D eigenvalue weighted by Crippen LogP contribution is -2.45. The van der Waals surface area contributed by atoms with Gasteiger partial charge >= 0.3 is 0 Å². The number of rotatable bonds is 6. The number of nitrogens with zero attached hydrogens (tertiary/aromatic N) is 1. The number of nitrogens with one attached hydrogen (secondary N) is 1. The van der Waals surface area contributed by atoms with Crippen LogP contribution in [0.25, 0.3) is 0 Å². The molecule has 1 rings (SSSR count). The van der Waals surface area contributed by atoms with Crippen molar-refractivity contribution in [3.05, 3.63) is 30.1 Å². The molecule has 84 valence electrons. The molecular weight excluding hydrogens is 190 g/mol. The van der Waals surface area contributed by atoms with Gasteiger partial charge in [-0.05, 0) is 31.9 Å². The number of hydrazine groups is 1. The Balaban J connectivity index is 2.53. The van der Waals surface area contributed by atoms with Gasteiger partial charge in [0.15, 0.2) is 0 Å². The molecule has 0 amide bonds. The minimum absolute atomic E-state index is 0.0974. The summed E-state index contributed by atoms with van der Waals surface area (Å²) in [6.45, 7) is 4.70. The molecule has 0 aliphatic carbocycles. The Morgan fingerprint density at radius 1 is 1.60 bits per heavy atom. The lowest BCUT2D eigenvalue weighted by atomic mass is 10.0. The molecule has 0 saturated carbocycles. The molecule has 0 aliphatic heterocycles. The molecule has 4 heteroatoms. The average Bonchev–Trinajstić information content (AvgIpc) is 2.27. The van der Waals surface area contributed by atoms with Crippen molar-refractivity contribution in [3.63, 3.8) is 0 Å². The van der Waals surface area contributed by atoms with Crippen molar-refractivity contribution in [3.8, 4) is 0 Å². The Hall–Kier alpha value is -0.970. The van der Waals surface area contributed by atoms with E-state index in [1.165, 1.54) is 0 Å². The smallest absolute Gasteiger partial charge is 0.0716 e. The maximum absolute atomic E-state index is 5.50. The normalized spacial score (nSPS) is 14.9. The second-order valence-corrected chi connectivity index (χ2v) is 3.50. The van der Waals surface area contributed by atoms with E-state index >= 15 is 0 Å². The highest BCUT2D eigenvalue weighted by Crippen LogP contribution is 2.06. The highest BCUT2D eigenvalue weighted by Gasteiger charge is 2.16. The standard InChI is InChI=1S/C11H19N3O/c1-3-15-9(2)11(14-12)7-10-5-4-6-13-8-10/h4-6,8-9,11,14H,3,7,12H2,1-2H3. The van der Waals surface area contributed by atoms with Crippen LogP contribution in [-0.2, 0) is 11.2 Å². The van der Waals surface area contributed by atoms with Crippen LogP contribution in [0.15, 0.2) is 24.5 Å². The number of pyridine rings is 1. The summed E-state index contributed by atoms with van der Waals surface area (Å²) >= 11 is 0. The van der Waals surface area contributed by atoms with Crippen LogP contribution in [0.3, 0.4) is 0 Å². The Labute approximate surface area is 90.8 Å². The molecule has 0 aliphatic rings. The van der Waals surface area contributed by atoms with E-state index in [2.05, 4.69) is 10.4 Å². The minimum atomic E-state index is 0.0974. The number of ether oxygens (including phenoxy) is 1. The third kappa shape index (κ3) is 3.95.